The van der Waals surface area contributed by atoms with Crippen molar-refractivity contribution in [2.24, 2.45) is 0 Å². The van der Waals surface area contributed by atoms with E-state index < -0.39 is 0 Å². The van der Waals surface area contributed by atoms with Crippen LogP contribution in [0.3, 0.4) is 0 Å². The lowest BCUT2D eigenvalue weighted by Gasteiger charge is -2.26. The van der Waals surface area contributed by atoms with E-state index in [1.807, 2.05) is 0 Å². The molecule has 0 aromatic heterocycles. The van der Waals surface area contributed by atoms with Crippen LogP contribution in [-0.2, 0) is 25.7 Å². The fourth-order valence-electron chi connectivity index (χ4n) is 14.5. The van der Waals surface area contributed by atoms with E-state index in [2.05, 4.69) is 65.8 Å². The first-order valence-corrected chi connectivity index (χ1v) is 41.0. The van der Waals surface area contributed by atoms with Gasteiger partial charge in [0.1, 0.15) is 11.5 Å². The summed E-state index contributed by atoms with van der Waals surface area (Å²) in [5, 5.41) is 0. The molecule has 0 aliphatic rings. The zero-order valence-corrected chi connectivity index (χ0v) is 60.8. The van der Waals surface area contributed by atoms with E-state index in [1.54, 1.807) is 27.8 Å². The van der Waals surface area contributed by atoms with E-state index in [9.17, 15) is 0 Å². The molecular formula is C86H158O. The van der Waals surface area contributed by atoms with Gasteiger partial charge in [-0.2, -0.15) is 0 Å². The first-order valence-electron chi connectivity index (χ1n) is 41.0. The minimum atomic E-state index is 1.05. The third-order valence-corrected chi connectivity index (χ3v) is 20.5. The molecule has 2 aromatic carbocycles. The van der Waals surface area contributed by atoms with Crippen molar-refractivity contribution in [3.63, 3.8) is 0 Å². The SMILES string of the molecule is CCCCCCCCCCCCCCCCCCc1c(C)c(CCCCCCCCCCCCCCCCCC)c(CCCCCCCCCCCCCCCCCC)c(Oc2ccc(C)cc2)c1CCCCCCCCCCCCCCCCCC. The molecule has 0 aliphatic carbocycles. The van der Waals surface area contributed by atoms with Crippen LogP contribution in [0.1, 0.15) is 472 Å². The van der Waals surface area contributed by atoms with Crippen molar-refractivity contribution in [2.45, 2.75) is 478 Å². The summed E-state index contributed by atoms with van der Waals surface area (Å²) in [6.45, 7) is 14.1. The van der Waals surface area contributed by atoms with Crippen molar-refractivity contribution < 1.29 is 4.74 Å². The number of ether oxygens (including phenoxy) is 1. The second kappa shape index (κ2) is 64.3. The number of unbranched alkanes of at least 4 members (excludes halogenated alkanes) is 60. The van der Waals surface area contributed by atoms with E-state index in [0.717, 1.165) is 5.75 Å². The Balaban J connectivity index is 2.20. The molecule has 508 valence electrons. The Morgan fingerprint density at radius 1 is 0.195 bits per heavy atom. The van der Waals surface area contributed by atoms with Crippen molar-refractivity contribution in [3.8, 4) is 11.5 Å². The Morgan fingerprint density at radius 2 is 0.356 bits per heavy atom. The van der Waals surface area contributed by atoms with Gasteiger partial charge in [0.05, 0.1) is 0 Å². The topological polar surface area (TPSA) is 9.23 Å². The van der Waals surface area contributed by atoms with Crippen molar-refractivity contribution in [1.82, 2.24) is 0 Å². The Bertz CT molecular complexity index is 1590. The first kappa shape index (κ1) is 81.3. The highest BCUT2D eigenvalue weighted by Gasteiger charge is 2.23. The monoisotopic (exact) mass is 1210 g/mol. The third-order valence-electron chi connectivity index (χ3n) is 20.5. The van der Waals surface area contributed by atoms with Crippen LogP contribution in [0.4, 0.5) is 0 Å². The Hall–Kier alpha value is -1.76. The molecule has 2 aromatic rings. The van der Waals surface area contributed by atoms with Gasteiger partial charge in [0.2, 0.25) is 0 Å². The Labute approximate surface area is 549 Å². The van der Waals surface area contributed by atoms with Crippen LogP contribution in [0.15, 0.2) is 24.3 Å². The van der Waals surface area contributed by atoms with Crippen LogP contribution in [-0.4, -0.2) is 0 Å². The highest BCUT2D eigenvalue weighted by molar-refractivity contribution is 5.57. The molecule has 0 bridgehead atoms. The molecule has 2 rings (SSSR count). The van der Waals surface area contributed by atoms with Gasteiger partial charge in [0.25, 0.3) is 0 Å². The van der Waals surface area contributed by atoms with Crippen molar-refractivity contribution in [1.29, 1.82) is 0 Å². The molecule has 0 atom stereocenters. The molecule has 1 nitrogen and oxygen atoms in total. The summed E-state index contributed by atoms with van der Waals surface area (Å²) >= 11 is 0. The van der Waals surface area contributed by atoms with Crippen LogP contribution >= 0.6 is 0 Å². The molecular weight excluding hydrogens is 1050 g/mol. The van der Waals surface area contributed by atoms with Gasteiger partial charge in [-0.05, 0) is 105 Å². The third kappa shape index (κ3) is 48.6. The van der Waals surface area contributed by atoms with Gasteiger partial charge in [-0.3, -0.25) is 0 Å². The maximum Gasteiger partial charge on any atom is 0.134 e. The lowest BCUT2D eigenvalue weighted by atomic mass is 9.83. The summed E-state index contributed by atoms with van der Waals surface area (Å²) in [5.74, 6) is 2.36. The maximum absolute atomic E-state index is 7.46. The van der Waals surface area contributed by atoms with Gasteiger partial charge < -0.3 is 4.74 Å². The second-order valence-corrected chi connectivity index (χ2v) is 29.0. The summed E-state index contributed by atoms with van der Waals surface area (Å²) in [5.41, 5.74) is 9.62. The van der Waals surface area contributed by atoms with Crippen LogP contribution < -0.4 is 4.74 Å². The number of benzene rings is 2. The number of aryl methyl sites for hydroxylation is 1. The fourth-order valence-corrected chi connectivity index (χ4v) is 14.5. The Morgan fingerprint density at radius 3 is 0.540 bits per heavy atom. The second-order valence-electron chi connectivity index (χ2n) is 29.0. The normalized spacial score (nSPS) is 11.7. The smallest absolute Gasteiger partial charge is 0.134 e. The average Bonchev–Trinajstić information content (AvgIpc) is 1.58. The minimum Gasteiger partial charge on any atom is -0.457 e. The van der Waals surface area contributed by atoms with Gasteiger partial charge >= 0.3 is 0 Å². The number of rotatable bonds is 70. The molecule has 87 heavy (non-hydrogen) atoms. The highest BCUT2D eigenvalue weighted by atomic mass is 16.5. The predicted octanol–water partition coefficient (Wildman–Crippen LogP) is 31.3. The fraction of sp³-hybridized carbons (Fsp3) is 0.860. The zero-order chi connectivity index (χ0) is 62.2. The number of hydrogen-bond acceptors (Lipinski definition) is 1. The molecule has 0 saturated carbocycles. The summed E-state index contributed by atoms with van der Waals surface area (Å²) in [4.78, 5) is 0. The summed E-state index contributed by atoms with van der Waals surface area (Å²) < 4.78 is 7.46. The van der Waals surface area contributed by atoms with E-state index in [4.69, 9.17) is 4.74 Å². The van der Waals surface area contributed by atoms with Gasteiger partial charge in [-0.25, -0.2) is 0 Å². The minimum absolute atomic E-state index is 1.05. The van der Waals surface area contributed by atoms with Crippen LogP contribution in [0.5, 0.6) is 11.5 Å². The molecule has 0 N–H and O–H groups in total. The van der Waals surface area contributed by atoms with E-state index >= 15 is 0 Å². The molecule has 0 spiro atoms. The molecule has 1 heteroatoms. The van der Waals surface area contributed by atoms with E-state index in [0.29, 0.717) is 0 Å². The molecule has 0 unspecified atom stereocenters. The highest BCUT2D eigenvalue weighted by Crippen LogP contribution is 2.41. The lowest BCUT2D eigenvalue weighted by Crippen LogP contribution is -2.11. The predicted molar refractivity (Wildman–Crippen MR) is 395 cm³/mol. The first-order chi connectivity index (χ1) is 43.1. The quantitative estimate of drug-likeness (QED) is 0.0600. The lowest BCUT2D eigenvalue weighted by molar-refractivity contribution is 0.461. The van der Waals surface area contributed by atoms with Gasteiger partial charge in [-0.1, -0.05) is 431 Å². The van der Waals surface area contributed by atoms with Crippen molar-refractivity contribution in [3.05, 3.63) is 57.6 Å². The van der Waals surface area contributed by atoms with E-state index in [-0.39, 0.29) is 0 Å². The average molecular weight is 1210 g/mol. The molecule has 0 radical (unpaired) electrons. The van der Waals surface area contributed by atoms with Crippen molar-refractivity contribution in [2.75, 3.05) is 0 Å². The van der Waals surface area contributed by atoms with Gasteiger partial charge in [0, 0.05) is 0 Å². The number of hydrogen-bond donors (Lipinski definition) is 0. The Kier molecular flexibility index (Phi) is 60.2. The molecule has 0 fully saturated rings. The largest absolute Gasteiger partial charge is 0.457 e. The van der Waals surface area contributed by atoms with Crippen molar-refractivity contribution >= 4 is 0 Å². The van der Waals surface area contributed by atoms with E-state index in [1.165, 1.54) is 448 Å². The van der Waals surface area contributed by atoms with Crippen LogP contribution in [0, 0.1) is 13.8 Å². The molecule has 0 amide bonds. The summed E-state index contributed by atoms with van der Waals surface area (Å²) in [7, 11) is 0. The van der Waals surface area contributed by atoms with Gasteiger partial charge in [0.15, 0.2) is 0 Å². The van der Waals surface area contributed by atoms with Crippen LogP contribution in [0.25, 0.3) is 0 Å². The maximum atomic E-state index is 7.46. The summed E-state index contributed by atoms with van der Waals surface area (Å²) in [6.07, 6.45) is 96.2. The summed E-state index contributed by atoms with van der Waals surface area (Å²) in [6, 6.07) is 9.11. The standard InChI is InChI=1S/C86H158O/c1-7-11-15-19-23-27-31-35-39-43-47-51-55-59-63-67-71-82-80(6)83(72-68-64-60-56-52-48-44-40-36-32-28-24-20-16-12-8-2)85(74-70-66-62-58-54-50-46-42-38-34-30-26-22-18-14-10-4)86(87-81-77-75-79(5)76-78-81)84(82)73-69-65-61-57-53-49-45-41-37-33-29-25-21-17-13-9-3/h75-78H,7-74H2,1-6H3. The van der Waals surface area contributed by atoms with Crippen LogP contribution in [0.2, 0.25) is 0 Å². The molecule has 0 aliphatic heterocycles. The zero-order valence-electron chi connectivity index (χ0n) is 60.8. The van der Waals surface area contributed by atoms with Gasteiger partial charge in [-0.15, -0.1) is 0 Å². The molecule has 0 saturated heterocycles. The molecule has 0 heterocycles.